The van der Waals surface area contributed by atoms with E-state index in [1.165, 1.54) is 0 Å². The molecule has 12 nitrogen and oxygen atoms in total. The summed E-state index contributed by atoms with van der Waals surface area (Å²) < 4.78 is 101. The summed E-state index contributed by atoms with van der Waals surface area (Å²) in [5.41, 5.74) is 2.05. The van der Waals surface area contributed by atoms with Gasteiger partial charge in [0.1, 0.15) is 0 Å². The SMILES string of the molecule is Cc1cccc(CO[C@@H]2C[C@H]3CN(c4ncccn4)CCN3C2)n1.O=C(O)C(F)(F)F.O=C(O)C(F)(F)F.O=C(O)C(F)(F)F. The van der Waals surface area contributed by atoms with E-state index in [4.69, 9.17) is 34.4 Å². The predicted molar refractivity (Wildman–Crippen MR) is 133 cm³/mol. The highest BCUT2D eigenvalue weighted by Gasteiger charge is 2.40. The van der Waals surface area contributed by atoms with Gasteiger partial charge in [-0.05, 0) is 31.5 Å². The Balaban J connectivity index is 0.000000396. The Morgan fingerprint density at radius 1 is 0.822 bits per heavy atom. The summed E-state index contributed by atoms with van der Waals surface area (Å²) in [6.45, 7) is 6.63. The Morgan fingerprint density at radius 3 is 1.76 bits per heavy atom. The van der Waals surface area contributed by atoms with Crippen LogP contribution in [0, 0.1) is 6.92 Å². The number of pyridine rings is 1. The molecule has 0 saturated carbocycles. The molecule has 2 fully saturated rings. The molecule has 3 N–H and O–H groups in total. The number of carbonyl (C=O) groups is 3. The lowest BCUT2D eigenvalue weighted by Crippen LogP contribution is -2.50. The van der Waals surface area contributed by atoms with Gasteiger partial charge in [0.15, 0.2) is 0 Å². The van der Waals surface area contributed by atoms with Gasteiger partial charge in [-0.3, -0.25) is 9.88 Å². The maximum atomic E-state index is 10.6. The quantitative estimate of drug-likeness (QED) is 0.407. The first-order valence-electron chi connectivity index (χ1n) is 12.3. The van der Waals surface area contributed by atoms with Crippen LogP contribution in [0.15, 0.2) is 36.7 Å². The van der Waals surface area contributed by atoms with Crippen molar-refractivity contribution in [2.45, 2.75) is 50.6 Å². The normalized spacial score (nSPS) is 18.1. The lowest BCUT2D eigenvalue weighted by Gasteiger charge is -2.37. The summed E-state index contributed by atoms with van der Waals surface area (Å²) in [5.74, 6) is -7.43. The second-order valence-corrected chi connectivity index (χ2v) is 8.99. The standard InChI is InChI=1S/C18H23N5O.3C2HF3O2/c1-14-4-2-5-15(21-14)13-24-17-10-16-11-23(9-8-22(16)12-17)18-19-6-3-7-20-18;3*3-2(4,5)1(6)7/h2-7,16-17H,8-13H2,1H3;3*(H,6,7)/t16-,17+;;;/m0.../s1. The number of fused-ring (bicyclic) bond motifs is 1. The number of rotatable bonds is 4. The van der Waals surface area contributed by atoms with Gasteiger partial charge in [-0.1, -0.05) is 6.07 Å². The minimum absolute atomic E-state index is 0.286. The monoisotopic (exact) mass is 667 g/mol. The van der Waals surface area contributed by atoms with Crippen LogP contribution in [0.2, 0.25) is 0 Å². The Kier molecular flexibility index (Phi) is 14.4. The number of halogens is 9. The molecule has 2 atom stereocenters. The van der Waals surface area contributed by atoms with Crippen LogP contribution in [-0.2, 0) is 25.7 Å². The summed E-state index contributed by atoms with van der Waals surface area (Å²) >= 11 is 0. The highest BCUT2D eigenvalue weighted by Crippen LogP contribution is 2.26. The molecule has 4 rings (SSSR count). The van der Waals surface area contributed by atoms with E-state index in [0.29, 0.717) is 12.6 Å². The van der Waals surface area contributed by atoms with Crippen molar-refractivity contribution in [3.8, 4) is 0 Å². The minimum atomic E-state index is -5.08. The third-order valence-corrected chi connectivity index (χ3v) is 5.55. The fourth-order valence-electron chi connectivity index (χ4n) is 3.64. The van der Waals surface area contributed by atoms with E-state index in [1.807, 2.05) is 43.6 Å². The lowest BCUT2D eigenvalue weighted by atomic mass is 10.1. The molecule has 21 heteroatoms. The highest BCUT2D eigenvalue weighted by molar-refractivity contribution is 5.73. The Labute approximate surface area is 248 Å². The number of hydrogen-bond acceptors (Lipinski definition) is 9. The first-order chi connectivity index (χ1) is 20.6. The summed E-state index contributed by atoms with van der Waals surface area (Å²) in [5, 5.41) is 21.4. The molecule has 0 unspecified atom stereocenters. The summed E-state index contributed by atoms with van der Waals surface area (Å²) in [4.78, 5) is 44.8. The van der Waals surface area contributed by atoms with Crippen LogP contribution in [0.3, 0.4) is 0 Å². The van der Waals surface area contributed by atoms with Crippen LogP contribution in [0.25, 0.3) is 0 Å². The van der Waals surface area contributed by atoms with E-state index in [1.54, 1.807) is 0 Å². The van der Waals surface area contributed by atoms with Gasteiger partial charge >= 0.3 is 36.4 Å². The zero-order chi connectivity index (χ0) is 34.6. The molecule has 0 amide bonds. The Bertz CT molecular complexity index is 1190. The molecule has 0 radical (unpaired) electrons. The zero-order valence-corrected chi connectivity index (χ0v) is 23.0. The van der Waals surface area contributed by atoms with E-state index < -0.39 is 36.4 Å². The fraction of sp³-hybridized carbons (Fsp3) is 0.500. The molecular formula is C24H26F9N5O7. The first kappa shape index (κ1) is 38.8. The molecule has 2 aromatic rings. The third-order valence-electron chi connectivity index (χ3n) is 5.55. The lowest BCUT2D eigenvalue weighted by molar-refractivity contribution is -0.193. The van der Waals surface area contributed by atoms with Crippen LogP contribution in [-0.4, -0.2) is 110 Å². The van der Waals surface area contributed by atoms with E-state index in [9.17, 15) is 39.5 Å². The number of aliphatic carboxylic acids is 3. The van der Waals surface area contributed by atoms with Gasteiger partial charge in [-0.2, -0.15) is 39.5 Å². The number of carboxylic acid groups (broad SMARTS) is 3. The average molecular weight is 667 g/mol. The van der Waals surface area contributed by atoms with Crippen LogP contribution < -0.4 is 4.90 Å². The average Bonchev–Trinajstić information content (AvgIpc) is 3.34. The second-order valence-electron chi connectivity index (χ2n) is 8.99. The van der Waals surface area contributed by atoms with E-state index in [-0.39, 0.29) is 6.10 Å². The van der Waals surface area contributed by atoms with Crippen molar-refractivity contribution in [2.75, 3.05) is 31.1 Å². The topological polar surface area (TPSA) is 166 Å². The van der Waals surface area contributed by atoms with E-state index >= 15 is 0 Å². The Hall–Kier alpha value is -4.27. The Morgan fingerprint density at radius 2 is 1.31 bits per heavy atom. The van der Waals surface area contributed by atoms with Crippen molar-refractivity contribution >= 4 is 23.9 Å². The number of carboxylic acids is 3. The third kappa shape index (κ3) is 14.8. The van der Waals surface area contributed by atoms with Crippen LogP contribution in [0.1, 0.15) is 17.8 Å². The van der Waals surface area contributed by atoms with Crippen molar-refractivity contribution in [3.63, 3.8) is 0 Å². The van der Waals surface area contributed by atoms with Crippen molar-refractivity contribution in [1.82, 2.24) is 19.9 Å². The van der Waals surface area contributed by atoms with Gasteiger partial charge in [0.25, 0.3) is 0 Å². The molecule has 4 heterocycles. The summed E-state index contributed by atoms with van der Waals surface area (Å²) in [7, 11) is 0. The molecule has 2 aliphatic rings. The molecule has 0 spiro atoms. The maximum Gasteiger partial charge on any atom is 0.490 e. The van der Waals surface area contributed by atoms with Crippen LogP contribution in [0.4, 0.5) is 45.5 Å². The van der Waals surface area contributed by atoms with E-state index in [2.05, 4.69) is 24.8 Å². The fourth-order valence-corrected chi connectivity index (χ4v) is 3.64. The largest absolute Gasteiger partial charge is 0.490 e. The smallest absolute Gasteiger partial charge is 0.475 e. The predicted octanol–water partition coefficient (Wildman–Crippen LogP) is 3.56. The zero-order valence-electron chi connectivity index (χ0n) is 23.0. The number of aromatic nitrogens is 3. The number of nitrogens with zero attached hydrogens (tertiary/aromatic N) is 5. The van der Waals surface area contributed by atoms with Gasteiger partial charge in [-0.15, -0.1) is 0 Å². The van der Waals surface area contributed by atoms with Crippen LogP contribution in [0.5, 0.6) is 0 Å². The number of alkyl halides is 9. The molecule has 252 valence electrons. The van der Waals surface area contributed by atoms with Gasteiger partial charge in [0, 0.05) is 50.3 Å². The molecular weight excluding hydrogens is 641 g/mol. The highest BCUT2D eigenvalue weighted by atomic mass is 19.4. The molecule has 2 aromatic heterocycles. The number of aryl methyl sites for hydroxylation is 1. The maximum absolute atomic E-state index is 10.6. The van der Waals surface area contributed by atoms with Gasteiger partial charge in [0.2, 0.25) is 5.95 Å². The number of hydrogen-bond donors (Lipinski definition) is 3. The van der Waals surface area contributed by atoms with Crippen molar-refractivity contribution in [1.29, 1.82) is 0 Å². The van der Waals surface area contributed by atoms with Gasteiger partial charge in [-0.25, -0.2) is 24.4 Å². The number of anilines is 1. The summed E-state index contributed by atoms with van der Waals surface area (Å²) in [6, 6.07) is 8.47. The molecule has 2 aliphatic heterocycles. The first-order valence-corrected chi connectivity index (χ1v) is 12.3. The van der Waals surface area contributed by atoms with Gasteiger partial charge < -0.3 is 25.0 Å². The van der Waals surface area contributed by atoms with Crippen molar-refractivity contribution in [2.24, 2.45) is 0 Å². The van der Waals surface area contributed by atoms with Crippen LogP contribution >= 0.6 is 0 Å². The molecule has 2 saturated heterocycles. The molecule has 0 bridgehead atoms. The number of piperazine rings is 1. The summed E-state index contributed by atoms with van der Waals surface area (Å²) in [6.07, 6.45) is -10.3. The van der Waals surface area contributed by atoms with Crippen molar-refractivity contribution < 1.29 is 74.0 Å². The van der Waals surface area contributed by atoms with E-state index in [0.717, 1.165) is 49.9 Å². The minimum Gasteiger partial charge on any atom is -0.475 e. The number of ether oxygens (including phenoxy) is 1. The molecule has 0 aromatic carbocycles. The van der Waals surface area contributed by atoms with Crippen molar-refractivity contribution in [3.05, 3.63) is 48.0 Å². The molecule has 0 aliphatic carbocycles. The molecule has 45 heavy (non-hydrogen) atoms. The van der Waals surface area contributed by atoms with Gasteiger partial charge in [0.05, 0.1) is 18.4 Å². The second kappa shape index (κ2) is 16.7.